The minimum Gasteiger partial charge on any atom is -0.371 e. The van der Waals surface area contributed by atoms with E-state index in [1.54, 1.807) is 22.9 Å². The summed E-state index contributed by atoms with van der Waals surface area (Å²) in [5.74, 6) is -2.10. The van der Waals surface area contributed by atoms with Crippen molar-refractivity contribution in [3.8, 4) is 0 Å². The van der Waals surface area contributed by atoms with E-state index in [1.165, 1.54) is 38.5 Å². The van der Waals surface area contributed by atoms with Crippen molar-refractivity contribution in [1.29, 1.82) is 0 Å². The number of carbonyl (C=O) groups is 1. The molecule has 6 rings (SSSR count). The molecular weight excluding hydrogens is 506 g/mol. The molecule has 0 bridgehead atoms. The lowest BCUT2D eigenvalue weighted by Gasteiger charge is -2.35. The van der Waals surface area contributed by atoms with Crippen LogP contribution in [-0.4, -0.2) is 52.7 Å². The van der Waals surface area contributed by atoms with Gasteiger partial charge in [-0.15, -0.1) is 0 Å². The van der Waals surface area contributed by atoms with E-state index in [0.717, 1.165) is 24.5 Å². The molecule has 204 valence electrons. The molecule has 2 aliphatic carbocycles. The zero-order chi connectivity index (χ0) is 26.5. The minimum absolute atomic E-state index is 0.190. The van der Waals surface area contributed by atoms with Gasteiger partial charge >= 0.3 is 0 Å². The summed E-state index contributed by atoms with van der Waals surface area (Å²) in [6.07, 6.45) is 6.99. The fourth-order valence-corrected chi connectivity index (χ4v) is 6.18. The topological polar surface area (TPSA) is 73.4 Å². The normalized spacial score (nSPS) is 22.7. The molecule has 0 radical (unpaired) electrons. The van der Waals surface area contributed by atoms with E-state index in [2.05, 4.69) is 37.9 Å². The number of hydrogen-bond acceptors (Lipinski definition) is 7. The molecule has 0 atom stereocenters. The van der Waals surface area contributed by atoms with Crippen LogP contribution in [0.15, 0.2) is 24.3 Å². The number of hydrogen-bond donors (Lipinski definition) is 2. The van der Waals surface area contributed by atoms with Gasteiger partial charge in [-0.1, -0.05) is 0 Å². The van der Waals surface area contributed by atoms with Crippen LogP contribution in [0.2, 0.25) is 0 Å². The molecule has 1 aromatic carbocycles. The van der Waals surface area contributed by atoms with Gasteiger partial charge in [0.25, 0.3) is 11.8 Å². The number of rotatable bonds is 7. The molecule has 2 saturated heterocycles. The lowest BCUT2D eigenvalue weighted by atomic mass is 9.93. The van der Waals surface area contributed by atoms with E-state index < -0.39 is 5.92 Å². The maximum Gasteiger partial charge on any atom is 0.258 e. The Morgan fingerprint density at radius 3 is 2.26 bits per heavy atom. The quantitative estimate of drug-likeness (QED) is 0.400. The van der Waals surface area contributed by atoms with Crippen molar-refractivity contribution < 1.29 is 13.6 Å². The Bertz CT molecular complexity index is 1210. The van der Waals surface area contributed by atoms with Gasteiger partial charge in [0.05, 0.1) is 11.3 Å². The third kappa shape index (κ3) is 5.70. The van der Waals surface area contributed by atoms with Crippen molar-refractivity contribution in [2.24, 2.45) is 5.41 Å². The van der Waals surface area contributed by atoms with Gasteiger partial charge in [-0.25, -0.2) is 13.8 Å². The Labute approximate surface area is 227 Å². The second kappa shape index (κ2) is 9.54. The van der Waals surface area contributed by atoms with Crippen molar-refractivity contribution in [3.05, 3.63) is 35.5 Å². The van der Waals surface area contributed by atoms with E-state index in [9.17, 15) is 13.6 Å². The largest absolute Gasteiger partial charge is 0.371 e. The average Bonchev–Trinajstić information content (AvgIpc) is 3.81. The molecule has 4 fully saturated rings. The van der Waals surface area contributed by atoms with Crippen LogP contribution in [0, 0.1) is 12.3 Å². The first kappa shape index (κ1) is 25.6. The SMILES string of the molecule is Cc1cc(NC(=O)c2ccc(NSC3(C)CC3)cc2N2CCC3(CC2)CC3)nc(N2CCC(F)(F)CC2)n1. The molecular formula is C28H36F2N6OS. The Morgan fingerprint density at radius 2 is 1.61 bits per heavy atom. The van der Waals surface area contributed by atoms with E-state index in [4.69, 9.17) is 0 Å². The van der Waals surface area contributed by atoms with Crippen molar-refractivity contribution >= 4 is 41.0 Å². The van der Waals surface area contributed by atoms with Crippen molar-refractivity contribution in [3.63, 3.8) is 0 Å². The highest BCUT2D eigenvalue weighted by molar-refractivity contribution is 8.02. The summed E-state index contributed by atoms with van der Waals surface area (Å²) < 4.78 is 31.1. The number of piperidine rings is 2. The standard InChI is InChI=1S/C28H36F2N6OS/c1-19-17-23(33-25(31-19)36-15-11-28(29,30)12-16-36)32-24(37)21-4-3-20(34-38-26(2)5-6-26)18-22(21)35-13-9-27(7-8-27)10-14-35/h3-4,17-18,34H,5-16H2,1-2H3,(H,31,32,33,37). The molecule has 2 N–H and O–H groups in total. The third-order valence-corrected chi connectivity index (χ3v) is 9.83. The second-order valence-electron chi connectivity index (χ2n) is 11.9. The van der Waals surface area contributed by atoms with Crippen LogP contribution in [0.1, 0.15) is 74.3 Å². The highest BCUT2D eigenvalue weighted by Crippen LogP contribution is 2.54. The maximum absolute atomic E-state index is 13.7. The Hall–Kier alpha value is -2.62. The molecule has 1 spiro atoms. The number of carbonyl (C=O) groups excluding carboxylic acids is 1. The first-order valence-corrected chi connectivity index (χ1v) is 14.6. The predicted octanol–water partition coefficient (Wildman–Crippen LogP) is 6.27. The molecule has 4 aliphatic rings. The highest BCUT2D eigenvalue weighted by atomic mass is 32.2. The number of anilines is 4. The van der Waals surface area contributed by atoms with E-state index in [-0.39, 0.29) is 31.8 Å². The van der Waals surface area contributed by atoms with Crippen molar-refractivity contribution in [2.75, 3.05) is 46.0 Å². The van der Waals surface area contributed by atoms with E-state index >= 15 is 0 Å². The molecule has 7 nitrogen and oxygen atoms in total. The van der Waals surface area contributed by atoms with Gasteiger partial charge in [0, 0.05) is 61.2 Å². The fraction of sp³-hybridized carbons (Fsp3) is 0.607. The molecule has 0 unspecified atom stereocenters. The van der Waals surface area contributed by atoms with Crippen LogP contribution in [0.4, 0.5) is 31.9 Å². The highest BCUT2D eigenvalue weighted by Gasteiger charge is 2.45. The number of amides is 1. The number of aromatic nitrogens is 2. The van der Waals surface area contributed by atoms with Crippen LogP contribution in [0.5, 0.6) is 0 Å². The van der Waals surface area contributed by atoms with Gasteiger partial charge in [-0.05, 0) is 87.9 Å². The molecule has 3 heterocycles. The number of nitrogens with zero attached hydrogens (tertiary/aromatic N) is 4. The average molecular weight is 543 g/mol. The molecule has 38 heavy (non-hydrogen) atoms. The van der Waals surface area contributed by atoms with Gasteiger partial charge in [-0.3, -0.25) is 4.79 Å². The van der Waals surface area contributed by atoms with Gasteiger partial charge in [0.2, 0.25) is 5.95 Å². The first-order valence-electron chi connectivity index (χ1n) is 13.7. The monoisotopic (exact) mass is 542 g/mol. The summed E-state index contributed by atoms with van der Waals surface area (Å²) in [4.78, 5) is 26.7. The van der Waals surface area contributed by atoms with Crippen LogP contribution < -0.4 is 19.8 Å². The number of halogens is 2. The van der Waals surface area contributed by atoms with E-state index in [1.807, 2.05) is 19.1 Å². The number of aryl methyl sites for hydroxylation is 1. The fourth-order valence-electron chi connectivity index (χ4n) is 5.38. The third-order valence-electron chi connectivity index (χ3n) is 8.60. The van der Waals surface area contributed by atoms with Gasteiger partial charge in [-0.2, -0.15) is 4.98 Å². The first-order chi connectivity index (χ1) is 18.1. The van der Waals surface area contributed by atoms with Crippen LogP contribution in [0.3, 0.4) is 0 Å². The number of nitrogens with one attached hydrogen (secondary N) is 2. The summed E-state index contributed by atoms with van der Waals surface area (Å²) in [5, 5.41) is 2.97. The second-order valence-corrected chi connectivity index (χ2v) is 13.3. The van der Waals surface area contributed by atoms with E-state index in [0.29, 0.717) is 33.2 Å². The summed E-state index contributed by atoms with van der Waals surface area (Å²) >= 11 is 1.76. The van der Waals surface area contributed by atoms with Gasteiger partial charge < -0.3 is 19.8 Å². The molecule has 2 aliphatic heterocycles. The summed E-state index contributed by atoms with van der Waals surface area (Å²) in [7, 11) is 0. The Balaban J connectivity index is 1.22. The van der Waals surface area contributed by atoms with Gasteiger partial charge in [0.1, 0.15) is 5.82 Å². The van der Waals surface area contributed by atoms with Crippen molar-refractivity contribution in [1.82, 2.24) is 9.97 Å². The molecule has 1 aromatic heterocycles. The lowest BCUT2D eigenvalue weighted by Crippen LogP contribution is -2.40. The lowest BCUT2D eigenvalue weighted by molar-refractivity contribution is -0.0222. The molecule has 2 saturated carbocycles. The summed E-state index contributed by atoms with van der Waals surface area (Å²) in [5.41, 5.74) is 3.77. The maximum atomic E-state index is 13.7. The summed E-state index contributed by atoms with van der Waals surface area (Å²) in [6, 6.07) is 7.68. The van der Waals surface area contributed by atoms with Crippen LogP contribution in [0.25, 0.3) is 0 Å². The van der Waals surface area contributed by atoms with Crippen molar-refractivity contribution in [2.45, 2.75) is 75.9 Å². The number of benzene rings is 1. The minimum atomic E-state index is -2.64. The molecule has 2 aromatic rings. The number of alkyl halides is 2. The summed E-state index contributed by atoms with van der Waals surface area (Å²) in [6.45, 7) is 6.37. The van der Waals surface area contributed by atoms with Crippen LogP contribution in [-0.2, 0) is 0 Å². The Kier molecular flexibility index (Phi) is 6.44. The zero-order valence-corrected chi connectivity index (χ0v) is 23.0. The molecule has 10 heteroatoms. The zero-order valence-electron chi connectivity index (χ0n) is 22.2. The predicted molar refractivity (Wildman–Crippen MR) is 150 cm³/mol. The smallest absolute Gasteiger partial charge is 0.258 e. The van der Waals surface area contributed by atoms with Crippen LogP contribution >= 0.6 is 11.9 Å². The van der Waals surface area contributed by atoms with Gasteiger partial charge in [0.15, 0.2) is 0 Å². The Morgan fingerprint density at radius 1 is 0.921 bits per heavy atom. The molecule has 1 amide bonds.